The molecule has 7 heteroatoms. The quantitative estimate of drug-likeness (QED) is 0.758. The van der Waals surface area contributed by atoms with Crippen LogP contribution in [0.25, 0.3) is 0 Å². The normalized spacial score (nSPS) is 10.6. The standard InChI is InChI=1S/C14H19N5OS/c1-9(2)18-14-19-12(15)11(21-14)13(20)17-8-6-10-5-3-4-7-16-10/h3-5,7,9H,6,8,15H2,1-2H3,(H,17,20)(H,18,19). The highest BCUT2D eigenvalue weighted by molar-refractivity contribution is 7.18. The zero-order valence-corrected chi connectivity index (χ0v) is 12.9. The Balaban J connectivity index is 1.90. The Kier molecular flexibility index (Phi) is 5.10. The number of amides is 1. The lowest BCUT2D eigenvalue weighted by Crippen LogP contribution is -2.25. The number of hydrogen-bond acceptors (Lipinski definition) is 6. The van der Waals surface area contributed by atoms with Gasteiger partial charge in [0.15, 0.2) is 5.13 Å². The zero-order valence-electron chi connectivity index (χ0n) is 12.1. The molecule has 1 amide bonds. The van der Waals surface area contributed by atoms with Crippen LogP contribution < -0.4 is 16.4 Å². The summed E-state index contributed by atoms with van der Waals surface area (Å²) in [7, 11) is 0. The fraction of sp³-hybridized carbons (Fsp3) is 0.357. The fourth-order valence-electron chi connectivity index (χ4n) is 1.73. The Bertz CT molecular complexity index is 597. The van der Waals surface area contributed by atoms with Crippen molar-refractivity contribution in [2.45, 2.75) is 26.3 Å². The van der Waals surface area contributed by atoms with Gasteiger partial charge in [0.05, 0.1) is 0 Å². The average Bonchev–Trinajstić information content (AvgIpc) is 2.80. The van der Waals surface area contributed by atoms with E-state index in [9.17, 15) is 4.79 Å². The van der Waals surface area contributed by atoms with Crippen LogP contribution in [0.3, 0.4) is 0 Å². The van der Waals surface area contributed by atoms with Gasteiger partial charge in [-0.05, 0) is 26.0 Å². The molecule has 0 saturated heterocycles. The van der Waals surface area contributed by atoms with Crippen molar-refractivity contribution >= 4 is 28.2 Å². The second-order valence-corrected chi connectivity index (χ2v) is 5.86. The van der Waals surface area contributed by atoms with Gasteiger partial charge in [0.25, 0.3) is 5.91 Å². The molecule has 0 atom stereocenters. The first kappa shape index (κ1) is 15.2. The summed E-state index contributed by atoms with van der Waals surface area (Å²) in [4.78, 5) is 20.9. The Morgan fingerprint density at radius 1 is 1.43 bits per heavy atom. The number of thiazole rings is 1. The molecule has 4 N–H and O–H groups in total. The molecule has 0 saturated carbocycles. The number of rotatable bonds is 6. The van der Waals surface area contributed by atoms with Crippen LogP contribution in [0.1, 0.15) is 29.2 Å². The minimum atomic E-state index is -0.197. The predicted octanol–water partition coefficient (Wildman–Crippen LogP) is 1.91. The first-order chi connectivity index (χ1) is 10.1. The summed E-state index contributed by atoms with van der Waals surface area (Å²) in [6.07, 6.45) is 2.42. The molecule has 0 radical (unpaired) electrons. The fourth-order valence-corrected chi connectivity index (χ4v) is 2.68. The van der Waals surface area contributed by atoms with Crippen molar-refractivity contribution in [1.29, 1.82) is 0 Å². The van der Waals surface area contributed by atoms with E-state index in [4.69, 9.17) is 5.73 Å². The van der Waals surface area contributed by atoms with E-state index in [0.29, 0.717) is 23.0 Å². The number of carbonyl (C=O) groups excluding carboxylic acids is 1. The lowest BCUT2D eigenvalue weighted by Gasteiger charge is -2.04. The van der Waals surface area contributed by atoms with Gasteiger partial charge in [-0.15, -0.1) is 0 Å². The molecular formula is C14H19N5OS. The van der Waals surface area contributed by atoms with Crippen LogP contribution in [0.15, 0.2) is 24.4 Å². The number of nitrogens with zero attached hydrogens (tertiary/aromatic N) is 2. The van der Waals surface area contributed by atoms with Gasteiger partial charge in [-0.1, -0.05) is 17.4 Å². The molecule has 21 heavy (non-hydrogen) atoms. The molecule has 0 aliphatic heterocycles. The van der Waals surface area contributed by atoms with E-state index >= 15 is 0 Å². The van der Waals surface area contributed by atoms with Gasteiger partial charge >= 0.3 is 0 Å². The van der Waals surface area contributed by atoms with Crippen molar-refractivity contribution in [3.8, 4) is 0 Å². The Morgan fingerprint density at radius 2 is 2.24 bits per heavy atom. The van der Waals surface area contributed by atoms with Crippen molar-refractivity contribution in [3.05, 3.63) is 35.0 Å². The predicted molar refractivity (Wildman–Crippen MR) is 85.6 cm³/mol. The first-order valence-corrected chi connectivity index (χ1v) is 7.59. The smallest absolute Gasteiger partial charge is 0.265 e. The molecule has 0 aromatic carbocycles. The molecule has 112 valence electrons. The molecule has 0 bridgehead atoms. The van der Waals surface area contributed by atoms with Gasteiger partial charge in [-0.25, -0.2) is 4.98 Å². The maximum atomic E-state index is 12.1. The van der Waals surface area contributed by atoms with Crippen LogP contribution in [0.5, 0.6) is 0 Å². The van der Waals surface area contributed by atoms with Gasteiger partial charge in [-0.3, -0.25) is 9.78 Å². The average molecular weight is 305 g/mol. The molecule has 0 spiro atoms. The van der Waals surface area contributed by atoms with Crippen LogP contribution in [-0.4, -0.2) is 28.5 Å². The minimum absolute atomic E-state index is 0.197. The van der Waals surface area contributed by atoms with Gasteiger partial charge in [0, 0.05) is 30.9 Å². The van der Waals surface area contributed by atoms with E-state index in [2.05, 4.69) is 20.6 Å². The van der Waals surface area contributed by atoms with Crippen molar-refractivity contribution in [2.75, 3.05) is 17.6 Å². The number of anilines is 2. The third-order valence-electron chi connectivity index (χ3n) is 2.66. The maximum Gasteiger partial charge on any atom is 0.265 e. The lowest BCUT2D eigenvalue weighted by atomic mass is 10.3. The number of carbonyl (C=O) groups is 1. The monoisotopic (exact) mass is 305 g/mol. The summed E-state index contributed by atoms with van der Waals surface area (Å²) >= 11 is 1.27. The van der Waals surface area contributed by atoms with E-state index in [-0.39, 0.29) is 17.8 Å². The molecule has 0 aliphatic carbocycles. The minimum Gasteiger partial charge on any atom is -0.382 e. The second kappa shape index (κ2) is 7.03. The van der Waals surface area contributed by atoms with Crippen molar-refractivity contribution in [3.63, 3.8) is 0 Å². The number of nitrogen functional groups attached to an aromatic ring is 1. The SMILES string of the molecule is CC(C)Nc1nc(N)c(C(=O)NCCc2ccccn2)s1. The number of nitrogens with one attached hydrogen (secondary N) is 2. The number of aromatic nitrogens is 2. The third kappa shape index (κ3) is 4.42. The molecule has 6 nitrogen and oxygen atoms in total. The molecule has 0 unspecified atom stereocenters. The van der Waals surface area contributed by atoms with Crippen LogP contribution in [0.2, 0.25) is 0 Å². The summed E-state index contributed by atoms with van der Waals surface area (Å²) < 4.78 is 0. The highest BCUT2D eigenvalue weighted by atomic mass is 32.1. The van der Waals surface area contributed by atoms with E-state index in [1.165, 1.54) is 11.3 Å². The number of nitrogens with two attached hydrogens (primary N) is 1. The summed E-state index contributed by atoms with van der Waals surface area (Å²) in [6.45, 7) is 4.52. The van der Waals surface area contributed by atoms with Crippen LogP contribution in [0.4, 0.5) is 10.9 Å². The van der Waals surface area contributed by atoms with Crippen LogP contribution in [0, 0.1) is 0 Å². The van der Waals surface area contributed by atoms with Crippen molar-refractivity contribution in [2.24, 2.45) is 0 Å². The second-order valence-electron chi connectivity index (χ2n) is 4.86. The first-order valence-electron chi connectivity index (χ1n) is 6.77. The van der Waals surface area contributed by atoms with Gasteiger partial charge in [0.2, 0.25) is 0 Å². The molecule has 2 rings (SSSR count). The highest BCUT2D eigenvalue weighted by Crippen LogP contribution is 2.25. The Morgan fingerprint density at radius 3 is 2.90 bits per heavy atom. The van der Waals surface area contributed by atoms with Crippen LogP contribution >= 0.6 is 11.3 Å². The third-order valence-corrected chi connectivity index (χ3v) is 3.67. The van der Waals surface area contributed by atoms with E-state index in [1.54, 1.807) is 6.20 Å². The maximum absolute atomic E-state index is 12.1. The van der Waals surface area contributed by atoms with E-state index in [1.807, 2.05) is 32.0 Å². The summed E-state index contributed by atoms with van der Waals surface area (Å²) in [5.74, 6) is 0.0659. The molecule has 0 fully saturated rings. The summed E-state index contributed by atoms with van der Waals surface area (Å²) in [6, 6.07) is 5.96. The topological polar surface area (TPSA) is 92.9 Å². The molecule has 2 heterocycles. The van der Waals surface area contributed by atoms with Gasteiger partial charge in [0.1, 0.15) is 10.7 Å². The molecule has 0 aliphatic rings. The summed E-state index contributed by atoms with van der Waals surface area (Å²) in [5.41, 5.74) is 6.73. The highest BCUT2D eigenvalue weighted by Gasteiger charge is 2.16. The van der Waals surface area contributed by atoms with E-state index in [0.717, 1.165) is 5.69 Å². The number of pyridine rings is 1. The lowest BCUT2D eigenvalue weighted by molar-refractivity contribution is 0.0959. The van der Waals surface area contributed by atoms with E-state index < -0.39 is 0 Å². The van der Waals surface area contributed by atoms with Crippen molar-refractivity contribution < 1.29 is 4.79 Å². The van der Waals surface area contributed by atoms with Gasteiger partial charge in [-0.2, -0.15) is 0 Å². The number of hydrogen-bond donors (Lipinski definition) is 3. The van der Waals surface area contributed by atoms with Crippen molar-refractivity contribution in [1.82, 2.24) is 15.3 Å². The largest absolute Gasteiger partial charge is 0.382 e. The Hall–Kier alpha value is -2.15. The molecular weight excluding hydrogens is 286 g/mol. The van der Waals surface area contributed by atoms with Crippen LogP contribution in [-0.2, 0) is 6.42 Å². The Labute approximate surface area is 127 Å². The summed E-state index contributed by atoms with van der Waals surface area (Å²) in [5, 5.41) is 6.64. The molecule has 2 aromatic heterocycles. The zero-order chi connectivity index (χ0) is 15.2. The van der Waals surface area contributed by atoms with Gasteiger partial charge < -0.3 is 16.4 Å². The molecule has 2 aromatic rings.